The van der Waals surface area contributed by atoms with E-state index in [1.165, 1.54) is 0 Å². The Balaban J connectivity index is 2.21. The van der Waals surface area contributed by atoms with E-state index in [0.29, 0.717) is 22.2 Å². The first-order valence-electron chi connectivity index (χ1n) is 5.93. The van der Waals surface area contributed by atoms with E-state index in [-0.39, 0.29) is 5.91 Å². The van der Waals surface area contributed by atoms with Gasteiger partial charge in [-0.15, -0.1) is 0 Å². The van der Waals surface area contributed by atoms with Crippen molar-refractivity contribution in [2.45, 2.75) is 6.54 Å². The van der Waals surface area contributed by atoms with Crippen LogP contribution in [0.5, 0.6) is 0 Å². The minimum atomic E-state index is -0.142. The molecule has 0 saturated carbocycles. The van der Waals surface area contributed by atoms with Crippen molar-refractivity contribution < 1.29 is 4.79 Å². The zero-order valence-electron chi connectivity index (χ0n) is 10.7. The Morgan fingerprint density at radius 1 is 1.15 bits per heavy atom. The average Bonchev–Trinajstić information content (AvgIpc) is 2.43. The Morgan fingerprint density at radius 3 is 2.55 bits per heavy atom. The number of nitrogens with zero attached hydrogens (tertiary/aromatic N) is 1. The number of hydrogen-bond acceptors (Lipinski definition) is 1. The van der Waals surface area contributed by atoms with E-state index in [9.17, 15) is 4.79 Å². The van der Waals surface area contributed by atoms with Crippen LogP contribution in [0.2, 0.25) is 10.0 Å². The molecular weight excluding hydrogens is 361 g/mol. The number of rotatable bonds is 3. The SMILES string of the molecule is CN(Cc1ccccc1Cl)C(=O)c1cc(Br)ccc1Cl. The number of halogens is 3. The minimum Gasteiger partial charge on any atom is -0.337 e. The third-order valence-electron chi connectivity index (χ3n) is 2.87. The first-order chi connectivity index (χ1) is 9.49. The molecule has 2 nitrogen and oxygen atoms in total. The largest absolute Gasteiger partial charge is 0.337 e. The maximum absolute atomic E-state index is 12.4. The molecule has 0 N–H and O–H groups in total. The topological polar surface area (TPSA) is 20.3 Å². The van der Waals surface area contributed by atoms with Crippen molar-refractivity contribution in [3.63, 3.8) is 0 Å². The lowest BCUT2D eigenvalue weighted by Gasteiger charge is -2.19. The van der Waals surface area contributed by atoms with Gasteiger partial charge in [0.15, 0.2) is 0 Å². The van der Waals surface area contributed by atoms with Crippen molar-refractivity contribution in [3.8, 4) is 0 Å². The van der Waals surface area contributed by atoms with E-state index >= 15 is 0 Å². The van der Waals surface area contributed by atoms with E-state index in [2.05, 4.69) is 15.9 Å². The fourth-order valence-corrected chi connectivity index (χ4v) is 2.58. The first kappa shape index (κ1) is 15.4. The maximum Gasteiger partial charge on any atom is 0.255 e. The molecule has 0 aliphatic heterocycles. The molecule has 1 amide bonds. The van der Waals surface area contributed by atoms with Crippen molar-refractivity contribution in [2.75, 3.05) is 7.05 Å². The van der Waals surface area contributed by atoms with Crippen molar-refractivity contribution in [1.82, 2.24) is 4.90 Å². The highest BCUT2D eigenvalue weighted by Crippen LogP contribution is 2.23. The Hall–Kier alpha value is -1.03. The van der Waals surface area contributed by atoms with Crippen LogP contribution in [-0.4, -0.2) is 17.9 Å². The zero-order valence-corrected chi connectivity index (χ0v) is 13.8. The third kappa shape index (κ3) is 3.54. The second-order valence-electron chi connectivity index (χ2n) is 4.38. The Kier molecular flexibility index (Phi) is 5.08. The standard InChI is InChI=1S/C15H12BrCl2NO/c1-19(9-10-4-2-3-5-13(10)17)15(20)12-8-11(16)6-7-14(12)18/h2-8H,9H2,1H3. The van der Waals surface area contributed by atoms with Crippen LogP contribution in [0.25, 0.3) is 0 Å². The van der Waals surface area contributed by atoms with Crippen LogP contribution in [0.4, 0.5) is 0 Å². The second-order valence-corrected chi connectivity index (χ2v) is 6.11. The Morgan fingerprint density at radius 2 is 1.85 bits per heavy atom. The summed E-state index contributed by atoms with van der Waals surface area (Å²) in [5.41, 5.74) is 1.37. The lowest BCUT2D eigenvalue weighted by molar-refractivity contribution is 0.0785. The lowest BCUT2D eigenvalue weighted by atomic mass is 10.1. The van der Waals surface area contributed by atoms with E-state index in [0.717, 1.165) is 10.0 Å². The van der Waals surface area contributed by atoms with Gasteiger partial charge < -0.3 is 4.90 Å². The van der Waals surface area contributed by atoms with Gasteiger partial charge in [-0.2, -0.15) is 0 Å². The fraction of sp³-hybridized carbons (Fsp3) is 0.133. The fourth-order valence-electron chi connectivity index (χ4n) is 1.82. The Bertz CT molecular complexity index is 646. The van der Waals surface area contributed by atoms with Gasteiger partial charge in [0, 0.05) is 23.1 Å². The molecule has 104 valence electrons. The molecule has 2 aromatic rings. The maximum atomic E-state index is 12.4. The molecule has 0 atom stereocenters. The molecule has 0 saturated heterocycles. The van der Waals surface area contributed by atoms with Crippen molar-refractivity contribution in [2.24, 2.45) is 0 Å². The van der Waals surface area contributed by atoms with Crippen LogP contribution in [0.15, 0.2) is 46.9 Å². The van der Waals surface area contributed by atoms with Crippen LogP contribution in [0.1, 0.15) is 15.9 Å². The number of hydrogen-bond donors (Lipinski definition) is 0. The lowest BCUT2D eigenvalue weighted by Crippen LogP contribution is -2.26. The Labute approximate surface area is 136 Å². The summed E-state index contributed by atoms with van der Waals surface area (Å²) in [4.78, 5) is 14.0. The number of carbonyl (C=O) groups is 1. The van der Waals surface area contributed by atoms with Gasteiger partial charge in [-0.25, -0.2) is 0 Å². The van der Waals surface area contributed by atoms with Gasteiger partial charge in [-0.3, -0.25) is 4.79 Å². The van der Waals surface area contributed by atoms with Gasteiger partial charge in [-0.05, 0) is 29.8 Å². The van der Waals surface area contributed by atoms with Crippen LogP contribution < -0.4 is 0 Å². The summed E-state index contributed by atoms with van der Waals surface area (Å²) < 4.78 is 0.816. The van der Waals surface area contributed by atoms with Gasteiger partial charge in [-0.1, -0.05) is 57.3 Å². The molecule has 0 radical (unpaired) electrons. The predicted molar refractivity (Wildman–Crippen MR) is 86.4 cm³/mol. The van der Waals surface area contributed by atoms with Crippen molar-refractivity contribution in [1.29, 1.82) is 0 Å². The molecule has 0 unspecified atom stereocenters. The summed E-state index contributed by atoms with van der Waals surface area (Å²) in [5.74, 6) is -0.142. The molecule has 0 aliphatic rings. The third-order valence-corrected chi connectivity index (χ3v) is 4.06. The van der Waals surface area contributed by atoms with Crippen LogP contribution in [-0.2, 0) is 6.54 Å². The number of amides is 1. The van der Waals surface area contributed by atoms with Crippen molar-refractivity contribution >= 4 is 45.0 Å². The summed E-state index contributed by atoms with van der Waals surface area (Å²) in [5, 5.41) is 1.08. The summed E-state index contributed by atoms with van der Waals surface area (Å²) in [6, 6.07) is 12.7. The van der Waals surface area contributed by atoms with E-state index in [1.54, 1.807) is 36.2 Å². The van der Waals surface area contributed by atoms with Gasteiger partial charge in [0.1, 0.15) is 0 Å². The summed E-state index contributed by atoms with van der Waals surface area (Å²) in [6.07, 6.45) is 0. The van der Waals surface area contributed by atoms with Crippen LogP contribution >= 0.6 is 39.1 Å². The minimum absolute atomic E-state index is 0.142. The van der Waals surface area contributed by atoms with Gasteiger partial charge >= 0.3 is 0 Å². The highest BCUT2D eigenvalue weighted by Gasteiger charge is 2.16. The molecule has 0 aromatic heterocycles. The molecular formula is C15H12BrCl2NO. The monoisotopic (exact) mass is 371 g/mol. The van der Waals surface area contributed by atoms with E-state index in [4.69, 9.17) is 23.2 Å². The zero-order chi connectivity index (χ0) is 14.7. The first-order valence-corrected chi connectivity index (χ1v) is 7.48. The second kappa shape index (κ2) is 6.61. The molecule has 0 aliphatic carbocycles. The summed E-state index contributed by atoms with van der Waals surface area (Å²) in [6.45, 7) is 0.432. The molecule has 0 fully saturated rings. The van der Waals surface area contributed by atoms with Crippen LogP contribution in [0, 0.1) is 0 Å². The van der Waals surface area contributed by atoms with E-state index in [1.807, 2.05) is 18.2 Å². The molecule has 0 spiro atoms. The molecule has 0 bridgehead atoms. The smallest absolute Gasteiger partial charge is 0.255 e. The summed E-state index contributed by atoms with van der Waals surface area (Å²) >= 11 is 15.5. The van der Waals surface area contributed by atoms with Gasteiger partial charge in [0.05, 0.1) is 10.6 Å². The van der Waals surface area contributed by atoms with Crippen molar-refractivity contribution in [3.05, 3.63) is 68.1 Å². The van der Waals surface area contributed by atoms with Gasteiger partial charge in [0.2, 0.25) is 0 Å². The highest BCUT2D eigenvalue weighted by molar-refractivity contribution is 9.10. The highest BCUT2D eigenvalue weighted by atomic mass is 79.9. The quantitative estimate of drug-likeness (QED) is 0.739. The normalized spacial score (nSPS) is 10.4. The average molecular weight is 373 g/mol. The summed E-state index contributed by atoms with van der Waals surface area (Å²) in [7, 11) is 1.73. The molecule has 2 aromatic carbocycles. The van der Waals surface area contributed by atoms with Gasteiger partial charge in [0.25, 0.3) is 5.91 Å². The molecule has 5 heteroatoms. The number of carbonyl (C=O) groups excluding carboxylic acids is 1. The predicted octanol–water partition coefficient (Wildman–Crippen LogP) is 5.03. The molecule has 0 heterocycles. The molecule has 2 rings (SSSR count). The number of benzene rings is 2. The van der Waals surface area contributed by atoms with Crippen LogP contribution in [0.3, 0.4) is 0 Å². The molecule has 20 heavy (non-hydrogen) atoms. The van der Waals surface area contributed by atoms with E-state index < -0.39 is 0 Å².